The molecular formula is C17H14N2O4. The molecule has 2 aromatic carbocycles. The number of rotatable bonds is 3. The minimum Gasteiger partial charge on any atom is -0.495 e. The van der Waals surface area contributed by atoms with E-state index in [0.29, 0.717) is 22.7 Å². The van der Waals surface area contributed by atoms with Crippen molar-refractivity contribution in [2.75, 3.05) is 17.3 Å². The summed E-state index contributed by atoms with van der Waals surface area (Å²) in [5.74, 6) is -0.669. The van der Waals surface area contributed by atoms with Crippen LogP contribution in [0.15, 0.2) is 42.5 Å². The molecular weight excluding hydrogens is 296 g/mol. The van der Waals surface area contributed by atoms with Crippen LogP contribution in [0.5, 0.6) is 5.75 Å². The molecule has 6 heteroatoms. The van der Waals surface area contributed by atoms with Crippen molar-refractivity contribution in [3.05, 3.63) is 53.6 Å². The summed E-state index contributed by atoms with van der Waals surface area (Å²) in [6.45, 7) is 1.38. The van der Waals surface area contributed by atoms with Crippen LogP contribution in [0.3, 0.4) is 0 Å². The number of nitrogens with one attached hydrogen (secondary N) is 1. The van der Waals surface area contributed by atoms with E-state index in [1.54, 1.807) is 30.3 Å². The minimum absolute atomic E-state index is 0.247. The van der Waals surface area contributed by atoms with Gasteiger partial charge < -0.3 is 10.1 Å². The summed E-state index contributed by atoms with van der Waals surface area (Å²) in [5.41, 5.74) is 1.42. The summed E-state index contributed by atoms with van der Waals surface area (Å²) in [5, 5.41) is 2.60. The topological polar surface area (TPSA) is 75.7 Å². The number of amides is 3. The molecule has 1 N–H and O–H groups in total. The first-order valence-electron chi connectivity index (χ1n) is 6.96. The van der Waals surface area contributed by atoms with Gasteiger partial charge in [-0.1, -0.05) is 12.1 Å². The molecule has 0 spiro atoms. The standard InChI is InChI=1S/C17H14N2O4/c1-10(20)18-11-7-8-12-13(9-11)17(22)19(16(12)21)14-5-3-4-6-15(14)23-2/h3-9H,1-2H3,(H,18,20). The van der Waals surface area contributed by atoms with E-state index in [2.05, 4.69) is 5.32 Å². The number of carbonyl (C=O) groups is 3. The number of hydrogen-bond donors (Lipinski definition) is 1. The van der Waals surface area contributed by atoms with Gasteiger partial charge in [-0.25, -0.2) is 4.90 Å². The van der Waals surface area contributed by atoms with Gasteiger partial charge in [-0.05, 0) is 30.3 Å². The predicted molar refractivity (Wildman–Crippen MR) is 84.9 cm³/mol. The van der Waals surface area contributed by atoms with Gasteiger partial charge in [0.2, 0.25) is 5.91 Å². The van der Waals surface area contributed by atoms with Crippen molar-refractivity contribution in [1.82, 2.24) is 0 Å². The Kier molecular flexibility index (Phi) is 3.57. The molecule has 23 heavy (non-hydrogen) atoms. The lowest BCUT2D eigenvalue weighted by Crippen LogP contribution is -2.29. The van der Waals surface area contributed by atoms with Crippen molar-refractivity contribution < 1.29 is 19.1 Å². The second kappa shape index (κ2) is 5.57. The maximum Gasteiger partial charge on any atom is 0.266 e. The van der Waals surface area contributed by atoms with Gasteiger partial charge in [0.05, 0.1) is 23.9 Å². The van der Waals surface area contributed by atoms with Crippen molar-refractivity contribution in [3.63, 3.8) is 0 Å². The van der Waals surface area contributed by atoms with Crippen LogP contribution in [0.2, 0.25) is 0 Å². The van der Waals surface area contributed by atoms with E-state index in [-0.39, 0.29) is 11.5 Å². The highest BCUT2D eigenvalue weighted by molar-refractivity contribution is 6.35. The summed E-state index contributed by atoms with van der Waals surface area (Å²) in [4.78, 5) is 37.4. The lowest BCUT2D eigenvalue weighted by molar-refractivity contribution is -0.114. The summed E-state index contributed by atoms with van der Waals surface area (Å²) in [7, 11) is 1.48. The van der Waals surface area contributed by atoms with E-state index in [0.717, 1.165) is 4.90 Å². The number of hydrogen-bond acceptors (Lipinski definition) is 4. The third kappa shape index (κ3) is 2.44. The predicted octanol–water partition coefficient (Wildman–Crippen LogP) is 2.45. The van der Waals surface area contributed by atoms with Gasteiger partial charge >= 0.3 is 0 Å². The summed E-state index contributed by atoms with van der Waals surface area (Å²) < 4.78 is 5.23. The number of ether oxygens (including phenoxy) is 1. The zero-order valence-electron chi connectivity index (χ0n) is 12.6. The van der Waals surface area contributed by atoms with E-state index < -0.39 is 11.8 Å². The molecule has 1 heterocycles. The molecule has 0 fully saturated rings. The normalized spacial score (nSPS) is 13.0. The first-order chi connectivity index (χ1) is 11.0. The van der Waals surface area contributed by atoms with Gasteiger partial charge in [-0.3, -0.25) is 14.4 Å². The molecule has 0 radical (unpaired) electrons. The van der Waals surface area contributed by atoms with Gasteiger partial charge in [-0.15, -0.1) is 0 Å². The number of carbonyl (C=O) groups excluding carboxylic acids is 3. The van der Waals surface area contributed by atoms with E-state index >= 15 is 0 Å². The van der Waals surface area contributed by atoms with Crippen LogP contribution in [0.1, 0.15) is 27.6 Å². The van der Waals surface area contributed by atoms with Crippen molar-refractivity contribution in [2.24, 2.45) is 0 Å². The van der Waals surface area contributed by atoms with Crippen LogP contribution in [-0.2, 0) is 4.79 Å². The van der Waals surface area contributed by atoms with E-state index in [1.807, 2.05) is 0 Å². The van der Waals surface area contributed by atoms with Gasteiger partial charge in [0.1, 0.15) is 5.75 Å². The van der Waals surface area contributed by atoms with Crippen LogP contribution in [0.25, 0.3) is 0 Å². The Morgan fingerprint density at radius 1 is 1.04 bits per heavy atom. The summed E-state index contributed by atoms with van der Waals surface area (Å²) in [6, 6.07) is 11.5. The van der Waals surface area contributed by atoms with Crippen LogP contribution < -0.4 is 15.0 Å². The minimum atomic E-state index is -0.443. The van der Waals surface area contributed by atoms with Crippen molar-refractivity contribution in [2.45, 2.75) is 6.92 Å². The monoisotopic (exact) mass is 310 g/mol. The first kappa shape index (κ1) is 14.8. The molecule has 1 aliphatic heterocycles. The van der Waals surface area contributed by atoms with Crippen LogP contribution in [-0.4, -0.2) is 24.8 Å². The SMILES string of the molecule is COc1ccccc1N1C(=O)c2ccc(NC(C)=O)cc2C1=O. The second-order valence-electron chi connectivity index (χ2n) is 5.06. The zero-order valence-corrected chi connectivity index (χ0v) is 12.6. The third-order valence-electron chi connectivity index (χ3n) is 3.53. The van der Waals surface area contributed by atoms with Gasteiger partial charge in [0, 0.05) is 12.6 Å². The Hall–Kier alpha value is -3.15. The summed E-state index contributed by atoms with van der Waals surface area (Å²) in [6.07, 6.45) is 0. The number of anilines is 2. The van der Waals surface area contributed by atoms with E-state index in [4.69, 9.17) is 4.74 Å². The van der Waals surface area contributed by atoms with Gasteiger partial charge in [-0.2, -0.15) is 0 Å². The Balaban J connectivity index is 2.05. The quantitative estimate of drug-likeness (QED) is 0.884. The lowest BCUT2D eigenvalue weighted by Gasteiger charge is -2.16. The third-order valence-corrected chi connectivity index (χ3v) is 3.53. The fourth-order valence-corrected chi connectivity index (χ4v) is 2.56. The molecule has 0 aromatic heterocycles. The number of nitrogens with zero attached hydrogens (tertiary/aromatic N) is 1. The van der Waals surface area contributed by atoms with E-state index in [9.17, 15) is 14.4 Å². The average Bonchev–Trinajstić information content (AvgIpc) is 2.78. The Labute approximate surface area is 132 Å². The molecule has 0 unspecified atom stereocenters. The number of benzene rings is 2. The Morgan fingerprint density at radius 2 is 1.74 bits per heavy atom. The van der Waals surface area contributed by atoms with Crippen molar-refractivity contribution in [3.8, 4) is 5.75 Å². The molecule has 116 valence electrons. The number of fused-ring (bicyclic) bond motifs is 1. The number of imide groups is 1. The molecule has 1 aliphatic rings. The van der Waals surface area contributed by atoms with Gasteiger partial charge in [0.15, 0.2) is 0 Å². The Morgan fingerprint density at radius 3 is 2.43 bits per heavy atom. The lowest BCUT2D eigenvalue weighted by atomic mass is 10.1. The molecule has 0 aliphatic carbocycles. The van der Waals surface area contributed by atoms with Crippen LogP contribution in [0, 0.1) is 0 Å². The maximum absolute atomic E-state index is 12.7. The fraction of sp³-hybridized carbons (Fsp3) is 0.118. The molecule has 0 bridgehead atoms. The highest BCUT2D eigenvalue weighted by atomic mass is 16.5. The molecule has 0 saturated carbocycles. The maximum atomic E-state index is 12.7. The molecule has 0 atom stereocenters. The van der Waals surface area contributed by atoms with Crippen molar-refractivity contribution in [1.29, 1.82) is 0 Å². The first-order valence-corrected chi connectivity index (χ1v) is 6.96. The average molecular weight is 310 g/mol. The molecule has 2 aromatic rings. The van der Waals surface area contributed by atoms with E-state index in [1.165, 1.54) is 26.2 Å². The zero-order chi connectivity index (χ0) is 16.6. The van der Waals surface area contributed by atoms with Gasteiger partial charge in [0.25, 0.3) is 11.8 Å². The van der Waals surface area contributed by atoms with Crippen LogP contribution in [0.4, 0.5) is 11.4 Å². The highest BCUT2D eigenvalue weighted by Crippen LogP contribution is 2.35. The highest BCUT2D eigenvalue weighted by Gasteiger charge is 2.38. The number of methoxy groups -OCH3 is 1. The van der Waals surface area contributed by atoms with Crippen molar-refractivity contribution >= 4 is 29.1 Å². The molecule has 6 nitrogen and oxygen atoms in total. The second-order valence-corrected chi connectivity index (χ2v) is 5.06. The van der Waals surface area contributed by atoms with Crippen LogP contribution >= 0.6 is 0 Å². The molecule has 3 amide bonds. The summed E-state index contributed by atoms with van der Waals surface area (Å²) >= 11 is 0. The fourth-order valence-electron chi connectivity index (χ4n) is 2.56. The molecule has 0 saturated heterocycles. The number of para-hydroxylation sites is 2. The largest absolute Gasteiger partial charge is 0.495 e. The molecule has 3 rings (SSSR count). The smallest absolute Gasteiger partial charge is 0.266 e. The Bertz CT molecular complexity index is 829.